The molecule has 0 aliphatic rings. The summed E-state index contributed by atoms with van der Waals surface area (Å²) in [5, 5.41) is 15.4. The van der Waals surface area contributed by atoms with Gasteiger partial charge in [0.2, 0.25) is 0 Å². The van der Waals surface area contributed by atoms with Gasteiger partial charge < -0.3 is 5.32 Å². The van der Waals surface area contributed by atoms with Gasteiger partial charge in [-0.05, 0) is 49.4 Å². The van der Waals surface area contributed by atoms with Gasteiger partial charge >= 0.3 is 0 Å². The van der Waals surface area contributed by atoms with E-state index in [-0.39, 0.29) is 11.9 Å². The third kappa shape index (κ3) is 2.87. The first-order valence-corrected chi connectivity index (χ1v) is 7.93. The van der Waals surface area contributed by atoms with Gasteiger partial charge in [-0.15, -0.1) is 10.2 Å². The summed E-state index contributed by atoms with van der Waals surface area (Å²) in [5.74, 6) is 0.532. The van der Waals surface area contributed by atoms with Crippen molar-refractivity contribution in [2.24, 2.45) is 0 Å². The zero-order chi connectivity index (χ0) is 17.2. The number of nitrogens with zero attached hydrogens (tertiary/aromatic N) is 5. The van der Waals surface area contributed by atoms with Crippen LogP contribution < -0.4 is 5.32 Å². The van der Waals surface area contributed by atoms with Crippen molar-refractivity contribution < 1.29 is 4.79 Å². The fourth-order valence-electron chi connectivity index (χ4n) is 2.69. The first-order valence-electron chi connectivity index (χ1n) is 7.93. The fraction of sp³-hybridized carbons (Fsp3) is 0.111. The zero-order valence-electron chi connectivity index (χ0n) is 13.6. The monoisotopic (exact) mass is 332 g/mol. The highest BCUT2D eigenvalue weighted by Crippen LogP contribution is 2.14. The quantitative estimate of drug-likeness (QED) is 0.622. The van der Waals surface area contributed by atoms with E-state index in [1.165, 1.54) is 0 Å². The maximum atomic E-state index is 12.5. The van der Waals surface area contributed by atoms with E-state index in [9.17, 15) is 4.79 Å². The Balaban J connectivity index is 1.51. The molecule has 0 saturated carbocycles. The number of hydrogen-bond donors (Lipinski definition) is 1. The van der Waals surface area contributed by atoms with E-state index >= 15 is 0 Å². The summed E-state index contributed by atoms with van der Waals surface area (Å²) in [4.78, 5) is 12.5. The maximum Gasteiger partial charge on any atom is 0.251 e. The highest BCUT2D eigenvalue weighted by molar-refractivity contribution is 5.94. The average Bonchev–Trinajstić information content (AvgIpc) is 3.31. The van der Waals surface area contributed by atoms with E-state index in [0.717, 1.165) is 11.3 Å². The molecule has 4 rings (SSSR count). The molecule has 0 saturated heterocycles. The molecule has 124 valence electrons. The number of rotatable bonds is 4. The van der Waals surface area contributed by atoms with Gasteiger partial charge in [-0.25, -0.2) is 4.68 Å². The molecule has 4 aromatic rings. The molecule has 0 spiro atoms. The van der Waals surface area contributed by atoms with Crippen LogP contribution in [0.15, 0.2) is 67.1 Å². The van der Waals surface area contributed by atoms with Crippen LogP contribution in [0.4, 0.5) is 0 Å². The van der Waals surface area contributed by atoms with Gasteiger partial charge in [0.1, 0.15) is 0 Å². The molecule has 7 heteroatoms. The summed E-state index contributed by atoms with van der Waals surface area (Å²) in [6.45, 7) is 1.89. The highest BCUT2D eigenvalue weighted by atomic mass is 16.1. The minimum atomic E-state index is -0.268. The molecule has 1 N–H and O–H groups in total. The molecule has 1 atom stereocenters. The standard InChI is InChI=1S/C18H16N6O/c1-13(17-22-21-16-5-2-3-11-23(16)17)20-18(25)14-6-8-15(9-7-14)24-12-4-10-19-24/h2-13H,1H3,(H,20,25)/t13-/m0/s1. The second-order valence-electron chi connectivity index (χ2n) is 5.68. The van der Waals surface area contributed by atoms with Crippen LogP contribution in [0.5, 0.6) is 0 Å². The lowest BCUT2D eigenvalue weighted by Crippen LogP contribution is -2.28. The van der Waals surface area contributed by atoms with Crippen LogP contribution in [0.2, 0.25) is 0 Å². The van der Waals surface area contributed by atoms with Crippen LogP contribution in [0, 0.1) is 0 Å². The average molecular weight is 332 g/mol. The normalized spacial score (nSPS) is 12.2. The first kappa shape index (κ1) is 15.1. The van der Waals surface area contributed by atoms with Gasteiger partial charge in [0.05, 0.1) is 11.7 Å². The van der Waals surface area contributed by atoms with Gasteiger partial charge in [-0.1, -0.05) is 6.07 Å². The zero-order valence-corrected chi connectivity index (χ0v) is 13.6. The van der Waals surface area contributed by atoms with E-state index < -0.39 is 0 Å². The van der Waals surface area contributed by atoms with Crippen molar-refractivity contribution in [3.8, 4) is 5.69 Å². The molecule has 0 aliphatic heterocycles. The molecular formula is C18H16N6O. The van der Waals surface area contributed by atoms with Gasteiger partial charge in [-0.3, -0.25) is 9.20 Å². The molecule has 25 heavy (non-hydrogen) atoms. The van der Waals surface area contributed by atoms with Crippen molar-refractivity contribution in [3.05, 3.63) is 78.5 Å². The van der Waals surface area contributed by atoms with Gasteiger partial charge in [0, 0.05) is 24.2 Å². The Labute approximate surface area is 143 Å². The lowest BCUT2D eigenvalue weighted by atomic mass is 10.2. The van der Waals surface area contributed by atoms with Crippen LogP contribution in [0.25, 0.3) is 11.3 Å². The smallest absolute Gasteiger partial charge is 0.251 e. The van der Waals surface area contributed by atoms with Crippen LogP contribution in [0.3, 0.4) is 0 Å². The van der Waals surface area contributed by atoms with Gasteiger partial charge in [0.15, 0.2) is 11.5 Å². The van der Waals surface area contributed by atoms with Crippen LogP contribution in [0.1, 0.15) is 29.1 Å². The number of nitrogens with one attached hydrogen (secondary N) is 1. The summed E-state index contributed by atoms with van der Waals surface area (Å²) in [7, 11) is 0. The molecule has 0 fully saturated rings. The molecule has 1 amide bonds. The van der Waals surface area contributed by atoms with E-state index in [1.54, 1.807) is 23.0 Å². The van der Waals surface area contributed by atoms with Crippen LogP contribution >= 0.6 is 0 Å². The maximum absolute atomic E-state index is 12.5. The second-order valence-corrected chi connectivity index (χ2v) is 5.68. The SMILES string of the molecule is C[C@H](NC(=O)c1ccc(-n2cccn2)cc1)c1nnc2ccccn12. The Hall–Kier alpha value is -3.48. The minimum absolute atomic E-state index is 0.160. The Bertz CT molecular complexity index is 1000. The summed E-state index contributed by atoms with van der Waals surface area (Å²) < 4.78 is 3.61. The molecule has 7 nitrogen and oxygen atoms in total. The van der Waals surface area contributed by atoms with Gasteiger partial charge in [-0.2, -0.15) is 5.10 Å². The topological polar surface area (TPSA) is 77.1 Å². The van der Waals surface area contributed by atoms with Crippen LogP contribution in [-0.4, -0.2) is 30.3 Å². The Morgan fingerprint density at radius 2 is 1.88 bits per heavy atom. The molecule has 3 aromatic heterocycles. The summed E-state index contributed by atoms with van der Waals surface area (Å²) in [6.07, 6.45) is 5.45. The Morgan fingerprint density at radius 1 is 1.04 bits per heavy atom. The minimum Gasteiger partial charge on any atom is -0.342 e. The number of carbonyl (C=O) groups is 1. The number of benzene rings is 1. The third-order valence-corrected chi connectivity index (χ3v) is 3.97. The number of aromatic nitrogens is 5. The lowest BCUT2D eigenvalue weighted by Gasteiger charge is -2.12. The number of carbonyl (C=O) groups excluding carboxylic acids is 1. The molecule has 0 unspecified atom stereocenters. The van der Waals surface area contributed by atoms with Crippen molar-refractivity contribution in [2.45, 2.75) is 13.0 Å². The van der Waals surface area contributed by atoms with Crippen LogP contribution in [-0.2, 0) is 0 Å². The highest BCUT2D eigenvalue weighted by Gasteiger charge is 2.16. The lowest BCUT2D eigenvalue weighted by molar-refractivity contribution is 0.0938. The molecular weight excluding hydrogens is 316 g/mol. The van der Waals surface area contributed by atoms with E-state index in [2.05, 4.69) is 20.6 Å². The van der Waals surface area contributed by atoms with Crippen molar-refractivity contribution in [2.75, 3.05) is 0 Å². The van der Waals surface area contributed by atoms with E-state index in [0.29, 0.717) is 11.4 Å². The predicted molar refractivity (Wildman–Crippen MR) is 92.4 cm³/mol. The Morgan fingerprint density at radius 3 is 2.64 bits per heavy atom. The largest absolute Gasteiger partial charge is 0.342 e. The van der Waals surface area contributed by atoms with E-state index in [4.69, 9.17) is 0 Å². The van der Waals surface area contributed by atoms with Gasteiger partial charge in [0.25, 0.3) is 5.91 Å². The summed E-state index contributed by atoms with van der Waals surface area (Å²) >= 11 is 0. The fourth-order valence-corrected chi connectivity index (χ4v) is 2.69. The molecule has 0 aliphatic carbocycles. The van der Waals surface area contributed by atoms with Crippen molar-refractivity contribution >= 4 is 11.6 Å². The third-order valence-electron chi connectivity index (χ3n) is 3.97. The number of fused-ring (bicyclic) bond motifs is 1. The summed E-state index contributed by atoms with van der Waals surface area (Å²) in [5.41, 5.74) is 2.23. The predicted octanol–water partition coefficient (Wildman–Crippen LogP) is 2.41. The molecule has 1 aromatic carbocycles. The molecule has 0 radical (unpaired) electrons. The number of hydrogen-bond acceptors (Lipinski definition) is 4. The summed E-state index contributed by atoms with van der Waals surface area (Å²) in [6, 6.07) is 14.5. The van der Waals surface area contributed by atoms with E-state index in [1.807, 2.05) is 60.1 Å². The second kappa shape index (κ2) is 6.20. The first-order chi connectivity index (χ1) is 12.2. The van der Waals surface area contributed by atoms with Crippen molar-refractivity contribution in [1.82, 2.24) is 29.7 Å². The molecule has 3 heterocycles. The Kier molecular flexibility index (Phi) is 3.74. The van der Waals surface area contributed by atoms with Crippen molar-refractivity contribution in [3.63, 3.8) is 0 Å². The molecule has 0 bridgehead atoms. The number of amides is 1. The number of pyridine rings is 1. The van der Waals surface area contributed by atoms with Crippen molar-refractivity contribution in [1.29, 1.82) is 0 Å².